The molecule has 0 saturated carbocycles. The molecule has 3 N–H and O–H groups in total. The molecule has 0 radical (unpaired) electrons. The highest BCUT2D eigenvalue weighted by molar-refractivity contribution is 6.16. The van der Waals surface area contributed by atoms with Crippen LogP contribution in [0.2, 0.25) is 0 Å². The van der Waals surface area contributed by atoms with Gasteiger partial charge in [-0.05, 0) is 42.0 Å². The predicted molar refractivity (Wildman–Crippen MR) is 121 cm³/mol. The van der Waals surface area contributed by atoms with Gasteiger partial charge < -0.3 is 20.8 Å². The van der Waals surface area contributed by atoms with E-state index < -0.39 is 12.4 Å². The minimum absolute atomic E-state index is 0.00204. The maximum atomic E-state index is 14.3. The lowest BCUT2D eigenvalue weighted by molar-refractivity contribution is -0.0498. The predicted octanol–water partition coefficient (Wildman–Crippen LogP) is 5.17. The van der Waals surface area contributed by atoms with Gasteiger partial charge in [-0.2, -0.15) is 8.78 Å². The quantitative estimate of drug-likeness (QED) is 0.455. The number of amidine groups is 1. The van der Waals surface area contributed by atoms with Crippen LogP contribution in [0.5, 0.6) is 5.75 Å². The van der Waals surface area contributed by atoms with Gasteiger partial charge in [0.15, 0.2) is 5.82 Å². The van der Waals surface area contributed by atoms with Gasteiger partial charge in [0.1, 0.15) is 23.1 Å². The molecule has 3 rings (SSSR count). The SMILES string of the molecule is CC1(C)CCN(c2cc(N=C(N)/C=C(\C=N)c3ccc(OC(F)F)cc3)c(F)cn2)CC1. The zero-order chi connectivity index (χ0) is 23.3. The number of pyridine rings is 1. The maximum absolute atomic E-state index is 14.3. The Morgan fingerprint density at radius 1 is 1.25 bits per heavy atom. The number of halogens is 3. The number of hydrogen-bond acceptors (Lipinski definition) is 5. The molecule has 1 saturated heterocycles. The van der Waals surface area contributed by atoms with E-state index in [0.717, 1.165) is 38.3 Å². The first-order valence-corrected chi connectivity index (χ1v) is 10.2. The van der Waals surface area contributed by atoms with Crippen molar-refractivity contribution < 1.29 is 17.9 Å². The molecule has 2 heterocycles. The number of ether oxygens (including phenoxy) is 1. The summed E-state index contributed by atoms with van der Waals surface area (Å²) in [7, 11) is 0. The molecular formula is C23H26F3N5O. The summed E-state index contributed by atoms with van der Waals surface area (Å²) in [6.45, 7) is 3.19. The largest absolute Gasteiger partial charge is 0.435 e. The molecule has 6 nitrogen and oxygen atoms in total. The van der Waals surface area contributed by atoms with Crippen molar-refractivity contribution in [3.05, 3.63) is 54.0 Å². The number of aliphatic imine (C=N–C) groups is 1. The van der Waals surface area contributed by atoms with Gasteiger partial charge >= 0.3 is 6.61 Å². The molecule has 1 aliphatic rings. The molecule has 0 spiro atoms. The fraction of sp³-hybridized carbons (Fsp3) is 0.348. The Balaban J connectivity index is 1.81. The van der Waals surface area contributed by atoms with E-state index >= 15 is 0 Å². The topological polar surface area (TPSA) is 87.6 Å². The van der Waals surface area contributed by atoms with Crippen LogP contribution in [0.15, 0.2) is 47.6 Å². The third-order valence-electron chi connectivity index (χ3n) is 5.38. The molecular weight excluding hydrogens is 419 g/mol. The molecule has 170 valence electrons. The Bertz CT molecular complexity index is 1010. The Kier molecular flexibility index (Phi) is 7.17. The highest BCUT2D eigenvalue weighted by Gasteiger charge is 2.26. The van der Waals surface area contributed by atoms with E-state index in [1.54, 1.807) is 6.07 Å². The number of alkyl halides is 2. The Hall–Kier alpha value is -3.36. The van der Waals surface area contributed by atoms with Crippen LogP contribution in [0, 0.1) is 16.6 Å². The van der Waals surface area contributed by atoms with Gasteiger partial charge in [-0.15, -0.1) is 0 Å². The summed E-state index contributed by atoms with van der Waals surface area (Å²) in [5.41, 5.74) is 7.25. The van der Waals surface area contributed by atoms with Gasteiger partial charge in [-0.1, -0.05) is 26.0 Å². The van der Waals surface area contributed by atoms with Crippen LogP contribution in [-0.4, -0.2) is 36.7 Å². The second-order valence-electron chi connectivity index (χ2n) is 8.33. The molecule has 0 bridgehead atoms. The van der Waals surface area contributed by atoms with Crippen LogP contribution in [0.4, 0.5) is 24.7 Å². The average molecular weight is 445 g/mol. The zero-order valence-corrected chi connectivity index (χ0v) is 18.0. The molecule has 32 heavy (non-hydrogen) atoms. The number of nitrogens with one attached hydrogen (secondary N) is 1. The van der Waals surface area contributed by atoms with Gasteiger partial charge in [0.2, 0.25) is 0 Å². The average Bonchev–Trinajstić information content (AvgIpc) is 2.74. The molecule has 0 amide bonds. The van der Waals surface area contributed by atoms with Crippen molar-refractivity contribution in [1.82, 2.24) is 4.98 Å². The fourth-order valence-electron chi connectivity index (χ4n) is 3.39. The summed E-state index contributed by atoms with van der Waals surface area (Å²) in [4.78, 5) is 10.5. The molecule has 1 aliphatic heterocycles. The van der Waals surface area contributed by atoms with Gasteiger partial charge in [0.25, 0.3) is 0 Å². The summed E-state index contributed by atoms with van der Waals surface area (Å²) in [5.74, 6) is 0.0288. The highest BCUT2D eigenvalue weighted by atomic mass is 19.3. The first-order chi connectivity index (χ1) is 15.2. The number of aromatic nitrogens is 1. The van der Waals surface area contributed by atoms with Gasteiger partial charge in [-0.3, -0.25) is 0 Å². The number of anilines is 1. The van der Waals surface area contributed by atoms with Crippen molar-refractivity contribution in [2.24, 2.45) is 16.1 Å². The number of rotatable bonds is 7. The molecule has 9 heteroatoms. The fourth-order valence-corrected chi connectivity index (χ4v) is 3.39. The summed E-state index contributed by atoms with van der Waals surface area (Å²) < 4.78 is 43.2. The Morgan fingerprint density at radius 3 is 2.50 bits per heavy atom. The smallest absolute Gasteiger partial charge is 0.387 e. The summed E-state index contributed by atoms with van der Waals surface area (Å²) in [6.07, 6.45) is 5.62. The van der Waals surface area contributed by atoms with E-state index in [2.05, 4.69) is 33.5 Å². The summed E-state index contributed by atoms with van der Waals surface area (Å²) in [6, 6.07) is 7.33. The van der Waals surface area contributed by atoms with Crippen LogP contribution < -0.4 is 15.4 Å². The lowest BCUT2D eigenvalue weighted by atomic mass is 9.83. The minimum Gasteiger partial charge on any atom is -0.435 e. The monoisotopic (exact) mass is 445 g/mol. The molecule has 1 aromatic carbocycles. The van der Waals surface area contributed by atoms with Crippen LogP contribution in [0.25, 0.3) is 5.57 Å². The highest BCUT2D eigenvalue weighted by Crippen LogP contribution is 2.33. The van der Waals surface area contributed by atoms with Crippen molar-refractivity contribution in [3.8, 4) is 5.75 Å². The van der Waals surface area contributed by atoms with Crippen LogP contribution in [-0.2, 0) is 0 Å². The van der Waals surface area contributed by atoms with Crippen molar-refractivity contribution >= 4 is 29.1 Å². The van der Waals surface area contributed by atoms with Crippen LogP contribution >= 0.6 is 0 Å². The number of nitrogens with two attached hydrogens (primary N) is 1. The minimum atomic E-state index is -2.92. The number of nitrogens with zero attached hydrogens (tertiary/aromatic N) is 3. The van der Waals surface area contributed by atoms with Crippen molar-refractivity contribution in [2.75, 3.05) is 18.0 Å². The molecule has 0 unspecified atom stereocenters. The maximum Gasteiger partial charge on any atom is 0.387 e. The Morgan fingerprint density at radius 2 is 1.91 bits per heavy atom. The van der Waals surface area contributed by atoms with E-state index in [0.29, 0.717) is 17.0 Å². The van der Waals surface area contributed by atoms with E-state index in [4.69, 9.17) is 11.1 Å². The molecule has 0 atom stereocenters. The van der Waals surface area contributed by atoms with Crippen LogP contribution in [0.3, 0.4) is 0 Å². The number of allylic oxidation sites excluding steroid dienone is 1. The van der Waals surface area contributed by atoms with Crippen molar-refractivity contribution in [3.63, 3.8) is 0 Å². The van der Waals surface area contributed by atoms with Crippen LogP contribution in [0.1, 0.15) is 32.3 Å². The van der Waals surface area contributed by atoms with Gasteiger partial charge in [0, 0.05) is 30.9 Å². The number of piperidine rings is 1. The van der Waals surface area contributed by atoms with Crippen molar-refractivity contribution in [1.29, 1.82) is 5.41 Å². The Labute approximate surface area is 185 Å². The van der Waals surface area contributed by atoms with E-state index in [1.807, 2.05) is 0 Å². The lowest BCUT2D eigenvalue weighted by Crippen LogP contribution is -2.37. The second kappa shape index (κ2) is 9.84. The first-order valence-electron chi connectivity index (χ1n) is 10.2. The molecule has 1 aromatic heterocycles. The van der Waals surface area contributed by atoms with E-state index in [-0.39, 0.29) is 22.7 Å². The van der Waals surface area contributed by atoms with Gasteiger partial charge in [0.05, 0.1) is 6.20 Å². The third kappa shape index (κ3) is 6.09. The zero-order valence-electron chi connectivity index (χ0n) is 18.0. The molecule has 2 aromatic rings. The second-order valence-corrected chi connectivity index (χ2v) is 8.33. The molecule has 1 fully saturated rings. The lowest BCUT2D eigenvalue weighted by Gasteiger charge is -2.37. The summed E-state index contributed by atoms with van der Waals surface area (Å²) in [5, 5.41) is 7.63. The number of hydrogen-bond donors (Lipinski definition) is 2. The van der Waals surface area contributed by atoms with Gasteiger partial charge in [-0.25, -0.2) is 14.4 Å². The normalized spacial score (nSPS) is 16.9. The van der Waals surface area contributed by atoms with E-state index in [1.165, 1.54) is 30.3 Å². The van der Waals surface area contributed by atoms with E-state index in [9.17, 15) is 13.2 Å². The standard InChI is InChI=1S/C23H26F3N5O/c1-23(2)7-9-31(10-8-23)21-12-19(18(24)14-29-21)30-20(28)11-16(13-27)15-3-5-17(6-4-15)32-22(25)26/h3-6,11-14,22,27H,7-10H2,1-2H3,(H2,28,29,30)/b16-11+,27-13?. The van der Waals surface area contributed by atoms with Crippen molar-refractivity contribution in [2.45, 2.75) is 33.3 Å². The molecule has 0 aliphatic carbocycles. The third-order valence-corrected chi connectivity index (χ3v) is 5.38. The number of benzene rings is 1. The summed E-state index contributed by atoms with van der Waals surface area (Å²) >= 11 is 0. The first kappa shape index (κ1) is 23.3.